The van der Waals surface area contributed by atoms with Crippen LogP contribution in [0.1, 0.15) is 32.1 Å². The Balaban J connectivity index is 1.46. The van der Waals surface area contributed by atoms with Gasteiger partial charge in [0, 0.05) is 12.2 Å². The number of rotatable bonds is 7. The van der Waals surface area contributed by atoms with E-state index in [4.69, 9.17) is 0 Å². The number of unbranched alkanes of at least 4 members (excludes halogenated alkanes) is 1. The number of para-hydroxylation sites is 1. The summed E-state index contributed by atoms with van der Waals surface area (Å²) in [6.45, 7) is 4.93. The van der Waals surface area contributed by atoms with Crippen LogP contribution in [0.15, 0.2) is 30.3 Å². The minimum Gasteiger partial charge on any atom is -0.322 e. The van der Waals surface area contributed by atoms with Crippen LogP contribution in [0.3, 0.4) is 0 Å². The van der Waals surface area contributed by atoms with Crippen molar-refractivity contribution in [3.63, 3.8) is 0 Å². The van der Waals surface area contributed by atoms with E-state index in [-0.39, 0.29) is 0 Å². The third kappa shape index (κ3) is 5.07. The van der Waals surface area contributed by atoms with E-state index in [0.717, 1.165) is 12.2 Å². The van der Waals surface area contributed by atoms with Crippen molar-refractivity contribution in [2.45, 2.75) is 32.1 Å². The van der Waals surface area contributed by atoms with Gasteiger partial charge >= 0.3 is 0 Å². The molecule has 100 valence electrons. The number of hydrogen-bond acceptors (Lipinski definition) is 3. The summed E-state index contributed by atoms with van der Waals surface area (Å²) in [6, 6.07) is 10.3. The topological polar surface area (TPSA) is 27.3 Å². The summed E-state index contributed by atoms with van der Waals surface area (Å²) in [6.07, 6.45) is 6.75. The maximum atomic E-state index is 3.27. The van der Waals surface area contributed by atoms with E-state index in [9.17, 15) is 0 Å². The van der Waals surface area contributed by atoms with Gasteiger partial charge in [-0.1, -0.05) is 24.6 Å². The van der Waals surface area contributed by atoms with Gasteiger partial charge in [-0.25, -0.2) is 5.43 Å². The maximum Gasteiger partial charge on any atom is 0.0487 e. The third-order valence-electron chi connectivity index (χ3n) is 3.48. The van der Waals surface area contributed by atoms with Crippen LogP contribution in [0.25, 0.3) is 0 Å². The van der Waals surface area contributed by atoms with Crippen molar-refractivity contribution in [1.82, 2.24) is 10.3 Å². The summed E-state index contributed by atoms with van der Waals surface area (Å²) in [7, 11) is 0. The van der Waals surface area contributed by atoms with E-state index in [1.54, 1.807) is 0 Å². The number of benzene rings is 1. The quantitative estimate of drug-likeness (QED) is 0.573. The molecular formula is C15H25N3. The van der Waals surface area contributed by atoms with Gasteiger partial charge in [-0.3, -0.25) is 0 Å². The minimum atomic E-state index is 1.03. The first-order valence-corrected chi connectivity index (χ1v) is 7.21. The fraction of sp³-hybridized carbons (Fsp3) is 0.600. The van der Waals surface area contributed by atoms with Crippen LogP contribution < -0.4 is 10.9 Å². The van der Waals surface area contributed by atoms with E-state index in [1.807, 2.05) is 18.2 Å². The van der Waals surface area contributed by atoms with E-state index >= 15 is 0 Å². The zero-order valence-corrected chi connectivity index (χ0v) is 11.2. The number of hydrazine groups is 1. The van der Waals surface area contributed by atoms with Crippen LogP contribution in [0.5, 0.6) is 0 Å². The normalized spacial score (nSPS) is 16.7. The van der Waals surface area contributed by atoms with Crippen molar-refractivity contribution in [3.05, 3.63) is 30.3 Å². The number of likely N-dealkylation sites (tertiary alicyclic amines) is 1. The second kappa shape index (κ2) is 8.11. The molecule has 1 heterocycles. The Hall–Kier alpha value is -1.06. The summed E-state index contributed by atoms with van der Waals surface area (Å²) >= 11 is 0. The van der Waals surface area contributed by atoms with Crippen LogP contribution in [0.2, 0.25) is 0 Å². The van der Waals surface area contributed by atoms with Crippen LogP contribution in [-0.4, -0.2) is 31.1 Å². The standard InChI is InChI=1S/C15H25N3/c1-3-9-15(10-4-1)17-16-11-5-8-14-18-12-6-2-7-13-18/h1,3-4,9-10,16-17H,2,5-8,11-14H2. The highest BCUT2D eigenvalue weighted by molar-refractivity contribution is 5.41. The van der Waals surface area contributed by atoms with Crippen LogP contribution in [0, 0.1) is 0 Å². The molecule has 1 aliphatic heterocycles. The molecule has 0 atom stereocenters. The number of hydrogen-bond donors (Lipinski definition) is 2. The summed E-state index contributed by atoms with van der Waals surface area (Å²) < 4.78 is 0. The monoisotopic (exact) mass is 247 g/mol. The predicted octanol–water partition coefficient (Wildman–Crippen LogP) is 2.87. The van der Waals surface area contributed by atoms with Gasteiger partial charge in [0.2, 0.25) is 0 Å². The second-order valence-corrected chi connectivity index (χ2v) is 5.03. The zero-order valence-electron chi connectivity index (χ0n) is 11.2. The SMILES string of the molecule is c1ccc(NNCCCCN2CCCCC2)cc1. The molecule has 0 bridgehead atoms. The molecule has 1 aromatic rings. The van der Waals surface area contributed by atoms with Gasteiger partial charge in [0.25, 0.3) is 0 Å². The van der Waals surface area contributed by atoms with Crippen molar-refractivity contribution in [2.24, 2.45) is 0 Å². The number of nitrogens with zero attached hydrogens (tertiary/aromatic N) is 1. The molecule has 0 unspecified atom stereocenters. The van der Waals surface area contributed by atoms with Crippen molar-refractivity contribution < 1.29 is 0 Å². The molecule has 18 heavy (non-hydrogen) atoms. The van der Waals surface area contributed by atoms with E-state index in [0.29, 0.717) is 0 Å². The number of nitrogens with one attached hydrogen (secondary N) is 2. The molecule has 2 rings (SSSR count). The van der Waals surface area contributed by atoms with Crippen LogP contribution in [0.4, 0.5) is 5.69 Å². The lowest BCUT2D eigenvalue weighted by molar-refractivity contribution is 0.225. The van der Waals surface area contributed by atoms with Gasteiger partial charge < -0.3 is 10.3 Å². The highest BCUT2D eigenvalue weighted by Gasteiger charge is 2.08. The predicted molar refractivity (Wildman–Crippen MR) is 77.6 cm³/mol. The van der Waals surface area contributed by atoms with Crippen LogP contribution >= 0.6 is 0 Å². The fourth-order valence-corrected chi connectivity index (χ4v) is 2.42. The molecule has 0 saturated carbocycles. The highest BCUT2D eigenvalue weighted by Crippen LogP contribution is 2.09. The molecule has 0 amide bonds. The Labute approximate surface area is 111 Å². The maximum absolute atomic E-state index is 3.27. The average Bonchev–Trinajstić information content (AvgIpc) is 2.45. The van der Waals surface area contributed by atoms with E-state index in [1.165, 1.54) is 51.7 Å². The van der Waals surface area contributed by atoms with Crippen molar-refractivity contribution in [3.8, 4) is 0 Å². The first-order chi connectivity index (χ1) is 8.95. The lowest BCUT2D eigenvalue weighted by Gasteiger charge is -2.26. The number of anilines is 1. The van der Waals surface area contributed by atoms with E-state index < -0.39 is 0 Å². The molecule has 3 nitrogen and oxygen atoms in total. The molecule has 1 aliphatic rings. The van der Waals surface area contributed by atoms with Crippen molar-refractivity contribution >= 4 is 5.69 Å². The Morgan fingerprint density at radius 1 is 0.944 bits per heavy atom. The van der Waals surface area contributed by atoms with Gasteiger partial charge in [0.1, 0.15) is 0 Å². The zero-order chi connectivity index (χ0) is 12.5. The largest absolute Gasteiger partial charge is 0.322 e. The Bertz CT molecular complexity index is 307. The van der Waals surface area contributed by atoms with Crippen LogP contribution in [-0.2, 0) is 0 Å². The second-order valence-electron chi connectivity index (χ2n) is 5.03. The molecule has 0 spiro atoms. The van der Waals surface area contributed by atoms with Gasteiger partial charge in [-0.15, -0.1) is 0 Å². The molecule has 1 saturated heterocycles. The Morgan fingerprint density at radius 2 is 1.72 bits per heavy atom. The fourth-order valence-electron chi connectivity index (χ4n) is 2.42. The molecular weight excluding hydrogens is 222 g/mol. The van der Waals surface area contributed by atoms with Gasteiger partial charge in [0.15, 0.2) is 0 Å². The molecule has 0 radical (unpaired) electrons. The summed E-state index contributed by atoms with van der Waals surface area (Å²) in [5.41, 5.74) is 7.62. The third-order valence-corrected chi connectivity index (χ3v) is 3.48. The smallest absolute Gasteiger partial charge is 0.0487 e. The first kappa shape index (κ1) is 13.4. The summed E-state index contributed by atoms with van der Waals surface area (Å²) in [5, 5.41) is 0. The lowest BCUT2D eigenvalue weighted by atomic mass is 10.1. The minimum absolute atomic E-state index is 1.03. The van der Waals surface area contributed by atoms with Gasteiger partial charge in [-0.05, 0) is 57.5 Å². The summed E-state index contributed by atoms with van der Waals surface area (Å²) in [5.74, 6) is 0. The molecule has 1 fully saturated rings. The van der Waals surface area contributed by atoms with Crippen molar-refractivity contribution in [2.75, 3.05) is 31.6 Å². The Morgan fingerprint density at radius 3 is 2.50 bits per heavy atom. The molecule has 0 aliphatic carbocycles. The van der Waals surface area contributed by atoms with Gasteiger partial charge in [-0.2, -0.15) is 0 Å². The summed E-state index contributed by atoms with van der Waals surface area (Å²) in [4.78, 5) is 2.61. The average molecular weight is 247 g/mol. The molecule has 2 N–H and O–H groups in total. The van der Waals surface area contributed by atoms with E-state index in [2.05, 4.69) is 27.9 Å². The van der Waals surface area contributed by atoms with Crippen molar-refractivity contribution in [1.29, 1.82) is 0 Å². The van der Waals surface area contributed by atoms with Gasteiger partial charge in [0.05, 0.1) is 0 Å². The molecule has 1 aromatic carbocycles. The highest BCUT2D eigenvalue weighted by atomic mass is 15.3. The molecule has 3 heteroatoms. The lowest BCUT2D eigenvalue weighted by Crippen LogP contribution is -2.31. The number of piperidine rings is 1. The Kier molecular flexibility index (Phi) is 6.03. The first-order valence-electron chi connectivity index (χ1n) is 7.21. The molecule has 0 aromatic heterocycles.